The van der Waals surface area contributed by atoms with E-state index in [1.165, 1.54) is 0 Å². The van der Waals surface area contributed by atoms with Gasteiger partial charge in [0.15, 0.2) is 0 Å². The maximum atomic E-state index is 5.23. The fourth-order valence-corrected chi connectivity index (χ4v) is 1.68. The molecule has 2 heterocycles. The summed E-state index contributed by atoms with van der Waals surface area (Å²) < 4.78 is 7.19. The zero-order valence-electron chi connectivity index (χ0n) is 10.6. The van der Waals surface area contributed by atoms with Crippen LogP contribution in [0.15, 0.2) is 30.7 Å². The van der Waals surface area contributed by atoms with Crippen molar-refractivity contribution in [3.63, 3.8) is 0 Å². The Bertz CT molecular complexity index is 572. The summed E-state index contributed by atoms with van der Waals surface area (Å²) in [5.41, 5.74) is 0.919. The van der Waals surface area contributed by atoms with E-state index in [2.05, 4.69) is 20.3 Å². The first-order chi connectivity index (χ1) is 9.29. The molecular formula is C12H15N5OS. The second kappa shape index (κ2) is 6.91. The molecule has 0 saturated carbocycles. The lowest BCUT2D eigenvalue weighted by atomic mass is 10.3. The van der Waals surface area contributed by atoms with Crippen molar-refractivity contribution < 1.29 is 4.74 Å². The third-order valence-electron chi connectivity index (χ3n) is 2.41. The smallest absolute Gasteiger partial charge is 0.226 e. The van der Waals surface area contributed by atoms with Gasteiger partial charge in [0.2, 0.25) is 10.7 Å². The molecule has 7 heteroatoms. The minimum absolute atomic E-state index is 0.473. The van der Waals surface area contributed by atoms with Gasteiger partial charge in [-0.3, -0.25) is 4.98 Å². The van der Waals surface area contributed by atoms with E-state index in [0.29, 0.717) is 30.4 Å². The highest BCUT2D eigenvalue weighted by molar-refractivity contribution is 7.71. The summed E-state index contributed by atoms with van der Waals surface area (Å²) in [5.74, 6) is 0.513. The topological polar surface area (TPSA) is 64.9 Å². The van der Waals surface area contributed by atoms with Gasteiger partial charge in [-0.05, 0) is 24.4 Å². The van der Waals surface area contributed by atoms with Crippen molar-refractivity contribution in [2.45, 2.75) is 6.54 Å². The van der Waals surface area contributed by atoms with Gasteiger partial charge in [0, 0.05) is 19.9 Å². The van der Waals surface area contributed by atoms with E-state index >= 15 is 0 Å². The SMILES string of the molecule is COCCNc1ncn(Cc2ccccn2)c(=S)n1. The molecule has 0 fully saturated rings. The van der Waals surface area contributed by atoms with Crippen LogP contribution in [0.3, 0.4) is 0 Å². The van der Waals surface area contributed by atoms with Crippen LogP contribution in [0, 0.1) is 4.77 Å². The van der Waals surface area contributed by atoms with Gasteiger partial charge in [-0.1, -0.05) is 6.07 Å². The summed E-state index contributed by atoms with van der Waals surface area (Å²) in [6.45, 7) is 1.81. The molecule has 0 aromatic carbocycles. The Balaban J connectivity index is 2.05. The first-order valence-corrected chi connectivity index (χ1v) is 6.26. The highest BCUT2D eigenvalue weighted by atomic mass is 32.1. The number of aromatic nitrogens is 4. The summed E-state index contributed by atoms with van der Waals surface area (Å²) in [7, 11) is 1.65. The molecule has 0 unspecified atom stereocenters. The highest BCUT2D eigenvalue weighted by Crippen LogP contribution is 2.01. The molecule has 0 amide bonds. The van der Waals surface area contributed by atoms with Crippen LogP contribution in [0.2, 0.25) is 0 Å². The van der Waals surface area contributed by atoms with E-state index in [9.17, 15) is 0 Å². The zero-order valence-corrected chi connectivity index (χ0v) is 11.4. The molecule has 19 heavy (non-hydrogen) atoms. The quantitative estimate of drug-likeness (QED) is 0.638. The van der Waals surface area contributed by atoms with Crippen LogP contribution >= 0.6 is 12.2 Å². The molecule has 0 saturated heterocycles. The monoisotopic (exact) mass is 277 g/mol. The number of hydrogen-bond acceptors (Lipinski definition) is 6. The van der Waals surface area contributed by atoms with Crippen molar-refractivity contribution in [3.8, 4) is 0 Å². The maximum absolute atomic E-state index is 5.23. The van der Waals surface area contributed by atoms with Gasteiger partial charge in [0.05, 0.1) is 18.8 Å². The van der Waals surface area contributed by atoms with Crippen LogP contribution in [-0.4, -0.2) is 39.8 Å². The minimum atomic E-state index is 0.473. The summed E-state index contributed by atoms with van der Waals surface area (Å²) >= 11 is 5.23. The van der Waals surface area contributed by atoms with Crippen molar-refractivity contribution in [1.29, 1.82) is 0 Å². The molecule has 0 aliphatic heterocycles. The highest BCUT2D eigenvalue weighted by Gasteiger charge is 2.00. The van der Waals surface area contributed by atoms with Crippen LogP contribution in [0.25, 0.3) is 0 Å². The third-order valence-corrected chi connectivity index (χ3v) is 2.74. The first-order valence-electron chi connectivity index (χ1n) is 5.86. The van der Waals surface area contributed by atoms with Crippen molar-refractivity contribution in [2.24, 2.45) is 0 Å². The van der Waals surface area contributed by atoms with Crippen LogP contribution < -0.4 is 5.32 Å². The van der Waals surface area contributed by atoms with Gasteiger partial charge in [-0.25, -0.2) is 4.98 Å². The molecule has 0 aliphatic rings. The van der Waals surface area contributed by atoms with Crippen molar-refractivity contribution in [2.75, 3.05) is 25.6 Å². The average Bonchev–Trinajstić information content (AvgIpc) is 2.43. The normalized spacial score (nSPS) is 10.4. The van der Waals surface area contributed by atoms with Gasteiger partial charge in [-0.15, -0.1) is 0 Å². The summed E-state index contributed by atoms with van der Waals surface area (Å²) in [4.78, 5) is 12.7. The molecule has 0 atom stereocenters. The van der Waals surface area contributed by atoms with Crippen LogP contribution in [0.1, 0.15) is 5.69 Å². The average molecular weight is 277 g/mol. The zero-order chi connectivity index (χ0) is 13.5. The Morgan fingerprint density at radius 2 is 2.26 bits per heavy atom. The van der Waals surface area contributed by atoms with Crippen LogP contribution in [-0.2, 0) is 11.3 Å². The summed E-state index contributed by atoms with van der Waals surface area (Å²) in [5, 5.41) is 3.03. The Morgan fingerprint density at radius 3 is 2.95 bits per heavy atom. The number of rotatable bonds is 6. The number of methoxy groups -OCH3 is 1. The Morgan fingerprint density at radius 1 is 1.37 bits per heavy atom. The maximum Gasteiger partial charge on any atom is 0.226 e. The third kappa shape index (κ3) is 4.08. The van der Waals surface area contributed by atoms with Gasteiger partial charge in [0.25, 0.3) is 0 Å². The molecule has 100 valence electrons. The van der Waals surface area contributed by atoms with Gasteiger partial charge in [-0.2, -0.15) is 4.98 Å². The van der Waals surface area contributed by atoms with E-state index < -0.39 is 0 Å². The molecule has 6 nitrogen and oxygen atoms in total. The molecule has 2 aromatic heterocycles. The number of anilines is 1. The predicted octanol–water partition coefficient (Wildman–Crippen LogP) is 1.51. The van der Waals surface area contributed by atoms with E-state index in [-0.39, 0.29) is 0 Å². The fraction of sp³-hybridized carbons (Fsp3) is 0.333. The standard InChI is InChI=1S/C12H15N5OS/c1-18-7-6-14-11-15-9-17(12(19)16-11)8-10-4-2-3-5-13-10/h2-5,9H,6-8H2,1H3,(H,14,16,19). The minimum Gasteiger partial charge on any atom is -0.383 e. The second-order valence-electron chi connectivity index (χ2n) is 3.83. The first kappa shape index (κ1) is 13.6. The van der Waals surface area contributed by atoms with Gasteiger partial charge in [0.1, 0.15) is 6.33 Å². The predicted molar refractivity (Wildman–Crippen MR) is 74.6 cm³/mol. The molecule has 2 aromatic rings. The molecule has 0 bridgehead atoms. The summed E-state index contributed by atoms with van der Waals surface area (Å²) in [6, 6.07) is 5.75. The molecular weight excluding hydrogens is 262 g/mol. The Labute approximate surface area is 116 Å². The van der Waals surface area contributed by atoms with Crippen molar-refractivity contribution in [3.05, 3.63) is 41.2 Å². The molecule has 1 N–H and O–H groups in total. The van der Waals surface area contributed by atoms with Gasteiger partial charge < -0.3 is 14.6 Å². The molecule has 0 aliphatic carbocycles. The number of ether oxygens (including phenoxy) is 1. The van der Waals surface area contributed by atoms with Crippen molar-refractivity contribution >= 4 is 18.2 Å². The van der Waals surface area contributed by atoms with Crippen LogP contribution in [0.5, 0.6) is 0 Å². The summed E-state index contributed by atoms with van der Waals surface area (Å²) in [6.07, 6.45) is 3.42. The Kier molecular flexibility index (Phi) is 4.93. The number of pyridine rings is 1. The van der Waals surface area contributed by atoms with E-state index in [0.717, 1.165) is 5.69 Å². The largest absolute Gasteiger partial charge is 0.383 e. The van der Waals surface area contributed by atoms with Gasteiger partial charge >= 0.3 is 0 Å². The molecule has 0 spiro atoms. The molecule has 2 rings (SSSR count). The Hall–Kier alpha value is -1.86. The second-order valence-corrected chi connectivity index (χ2v) is 4.20. The van der Waals surface area contributed by atoms with E-state index in [4.69, 9.17) is 17.0 Å². The number of nitrogens with zero attached hydrogens (tertiary/aromatic N) is 4. The number of nitrogens with one attached hydrogen (secondary N) is 1. The number of hydrogen-bond donors (Lipinski definition) is 1. The van der Waals surface area contributed by atoms with E-state index in [1.807, 2.05) is 18.2 Å². The lowest BCUT2D eigenvalue weighted by molar-refractivity contribution is 0.210. The fourth-order valence-electron chi connectivity index (χ4n) is 1.48. The van der Waals surface area contributed by atoms with E-state index in [1.54, 1.807) is 24.2 Å². The van der Waals surface area contributed by atoms with Crippen LogP contribution in [0.4, 0.5) is 5.95 Å². The molecule has 0 radical (unpaired) electrons. The van der Waals surface area contributed by atoms with Crippen molar-refractivity contribution in [1.82, 2.24) is 19.5 Å². The lowest BCUT2D eigenvalue weighted by Gasteiger charge is -2.07. The lowest BCUT2D eigenvalue weighted by Crippen LogP contribution is -2.13.